The van der Waals surface area contributed by atoms with E-state index in [4.69, 9.17) is 5.26 Å². The van der Waals surface area contributed by atoms with Crippen molar-refractivity contribution in [1.29, 1.82) is 5.26 Å². The van der Waals surface area contributed by atoms with E-state index in [1.807, 2.05) is 48.5 Å². The first-order chi connectivity index (χ1) is 9.75. The van der Waals surface area contributed by atoms with Crippen LogP contribution in [-0.4, -0.2) is 5.91 Å². The van der Waals surface area contributed by atoms with E-state index in [9.17, 15) is 4.79 Å². The lowest BCUT2D eigenvalue weighted by Crippen LogP contribution is -2.20. The topological polar surface area (TPSA) is 52.9 Å². The van der Waals surface area contributed by atoms with Crippen LogP contribution in [0, 0.1) is 11.3 Å². The number of rotatable bonds is 1. The molecule has 3 nitrogen and oxygen atoms in total. The monoisotopic (exact) mass is 260 g/mol. The molecule has 1 amide bonds. The first-order valence-corrected chi connectivity index (χ1v) is 6.67. The van der Waals surface area contributed by atoms with Crippen molar-refractivity contribution in [2.24, 2.45) is 0 Å². The lowest BCUT2D eigenvalue weighted by molar-refractivity contribution is -0.118. The van der Waals surface area contributed by atoms with Crippen LogP contribution in [0.1, 0.15) is 29.0 Å². The summed E-state index contributed by atoms with van der Waals surface area (Å²) in [7, 11) is 0. The fourth-order valence-electron chi connectivity index (χ4n) is 3.34. The second-order valence-electron chi connectivity index (χ2n) is 5.46. The summed E-state index contributed by atoms with van der Waals surface area (Å²) < 4.78 is 0. The van der Waals surface area contributed by atoms with E-state index in [1.165, 1.54) is 0 Å². The summed E-state index contributed by atoms with van der Waals surface area (Å²) in [5, 5.41) is 11.8. The number of nitrogens with zero attached hydrogens (tertiary/aromatic N) is 1. The molecule has 2 unspecified atom stereocenters. The van der Waals surface area contributed by atoms with E-state index in [0.717, 1.165) is 23.2 Å². The molecule has 20 heavy (non-hydrogen) atoms. The third-order valence-corrected chi connectivity index (χ3v) is 4.46. The standard InChI is InChI=1S/C17H12N2O/c18-10-11-5-7-12(8-6-11)14-9-17(14)13-3-1-2-4-15(13)19-16(17)20/h1-8,14H,9H2,(H,19,20). The number of amides is 1. The van der Waals surface area contributed by atoms with Gasteiger partial charge in [0, 0.05) is 11.6 Å². The van der Waals surface area contributed by atoms with Crippen LogP contribution in [0.25, 0.3) is 0 Å². The first kappa shape index (κ1) is 11.2. The van der Waals surface area contributed by atoms with Crippen molar-refractivity contribution < 1.29 is 4.79 Å². The lowest BCUT2D eigenvalue weighted by Gasteiger charge is -2.08. The van der Waals surface area contributed by atoms with Gasteiger partial charge >= 0.3 is 0 Å². The van der Waals surface area contributed by atoms with Crippen LogP contribution in [0.3, 0.4) is 0 Å². The van der Waals surface area contributed by atoms with Crippen molar-refractivity contribution in [3.63, 3.8) is 0 Å². The van der Waals surface area contributed by atoms with Gasteiger partial charge in [-0.2, -0.15) is 5.26 Å². The molecule has 1 heterocycles. The molecular formula is C17H12N2O. The maximum absolute atomic E-state index is 12.4. The summed E-state index contributed by atoms with van der Waals surface area (Å²) in [5.41, 5.74) is 3.45. The highest BCUT2D eigenvalue weighted by molar-refractivity contribution is 6.09. The average Bonchev–Trinajstić information content (AvgIpc) is 3.18. The number of carbonyl (C=O) groups excluding carboxylic acids is 1. The summed E-state index contributed by atoms with van der Waals surface area (Å²) in [6, 6.07) is 17.6. The highest BCUT2D eigenvalue weighted by Gasteiger charge is 2.64. The molecule has 1 aliphatic heterocycles. The Morgan fingerprint density at radius 3 is 2.65 bits per heavy atom. The fraction of sp³-hybridized carbons (Fsp3) is 0.176. The van der Waals surface area contributed by atoms with Gasteiger partial charge in [0.05, 0.1) is 17.0 Å². The van der Waals surface area contributed by atoms with Gasteiger partial charge in [-0.3, -0.25) is 4.79 Å². The van der Waals surface area contributed by atoms with Gasteiger partial charge in [0.1, 0.15) is 0 Å². The zero-order valence-electron chi connectivity index (χ0n) is 10.8. The molecule has 2 atom stereocenters. The van der Waals surface area contributed by atoms with Crippen molar-refractivity contribution in [3.05, 3.63) is 65.2 Å². The third kappa shape index (κ3) is 1.31. The van der Waals surface area contributed by atoms with Gasteiger partial charge in [0.2, 0.25) is 5.91 Å². The minimum Gasteiger partial charge on any atom is -0.325 e. The quantitative estimate of drug-likeness (QED) is 0.857. The van der Waals surface area contributed by atoms with Crippen LogP contribution >= 0.6 is 0 Å². The second-order valence-corrected chi connectivity index (χ2v) is 5.46. The molecule has 2 aliphatic rings. The van der Waals surface area contributed by atoms with E-state index in [1.54, 1.807) is 0 Å². The molecule has 1 N–H and O–H groups in total. The molecule has 1 spiro atoms. The van der Waals surface area contributed by atoms with Gasteiger partial charge in [0.15, 0.2) is 0 Å². The minimum atomic E-state index is -0.384. The van der Waals surface area contributed by atoms with Gasteiger partial charge in [-0.25, -0.2) is 0 Å². The van der Waals surface area contributed by atoms with Crippen molar-refractivity contribution in [2.75, 3.05) is 5.32 Å². The maximum atomic E-state index is 12.4. The van der Waals surface area contributed by atoms with Crippen LogP contribution in [0.15, 0.2) is 48.5 Å². The molecule has 1 fully saturated rings. The van der Waals surface area contributed by atoms with Crippen molar-refractivity contribution >= 4 is 11.6 Å². The predicted octanol–water partition coefficient (Wildman–Crippen LogP) is 2.94. The molecule has 0 radical (unpaired) electrons. The average molecular weight is 260 g/mol. The Balaban J connectivity index is 1.75. The number of para-hydroxylation sites is 1. The lowest BCUT2D eigenvalue weighted by atomic mass is 9.92. The van der Waals surface area contributed by atoms with Gasteiger partial charge < -0.3 is 5.32 Å². The molecule has 3 heteroatoms. The highest BCUT2D eigenvalue weighted by Crippen LogP contribution is 2.64. The van der Waals surface area contributed by atoms with Crippen LogP contribution < -0.4 is 5.32 Å². The third-order valence-electron chi connectivity index (χ3n) is 4.46. The molecule has 2 aromatic carbocycles. The molecule has 96 valence electrons. The van der Waals surface area contributed by atoms with E-state index in [-0.39, 0.29) is 17.2 Å². The smallest absolute Gasteiger partial charge is 0.235 e. The van der Waals surface area contributed by atoms with Crippen molar-refractivity contribution in [2.45, 2.75) is 17.8 Å². The SMILES string of the molecule is N#Cc1ccc(C2CC23C(=O)Nc2ccccc23)cc1. The number of benzene rings is 2. The Labute approximate surface area is 116 Å². The van der Waals surface area contributed by atoms with Gasteiger partial charge in [-0.15, -0.1) is 0 Å². The zero-order valence-corrected chi connectivity index (χ0v) is 10.8. The van der Waals surface area contributed by atoms with Crippen molar-refractivity contribution in [3.8, 4) is 6.07 Å². The number of nitriles is 1. The summed E-state index contributed by atoms with van der Waals surface area (Å²) in [6.07, 6.45) is 0.849. The Morgan fingerprint density at radius 1 is 1.15 bits per heavy atom. The fourth-order valence-corrected chi connectivity index (χ4v) is 3.34. The Morgan fingerprint density at radius 2 is 1.90 bits per heavy atom. The normalized spacial score (nSPS) is 25.9. The highest BCUT2D eigenvalue weighted by atomic mass is 16.2. The van der Waals surface area contributed by atoms with Crippen LogP contribution in [0.4, 0.5) is 5.69 Å². The summed E-state index contributed by atoms with van der Waals surface area (Å²) >= 11 is 0. The molecule has 1 aliphatic carbocycles. The van der Waals surface area contributed by atoms with E-state index < -0.39 is 0 Å². The minimum absolute atomic E-state index is 0.105. The largest absolute Gasteiger partial charge is 0.325 e. The van der Waals surface area contributed by atoms with Gasteiger partial charge in [0.25, 0.3) is 0 Å². The first-order valence-electron chi connectivity index (χ1n) is 6.67. The zero-order chi connectivity index (χ0) is 13.7. The Hall–Kier alpha value is -2.60. The van der Waals surface area contributed by atoms with Gasteiger partial charge in [-0.05, 0) is 35.7 Å². The van der Waals surface area contributed by atoms with E-state index in [0.29, 0.717) is 5.56 Å². The van der Waals surface area contributed by atoms with E-state index in [2.05, 4.69) is 11.4 Å². The van der Waals surface area contributed by atoms with Crippen LogP contribution in [0.5, 0.6) is 0 Å². The Bertz CT molecular complexity index is 757. The molecule has 0 bridgehead atoms. The molecule has 0 aromatic heterocycles. The molecule has 0 saturated heterocycles. The van der Waals surface area contributed by atoms with Crippen LogP contribution in [0.2, 0.25) is 0 Å². The molecule has 1 saturated carbocycles. The van der Waals surface area contributed by atoms with E-state index >= 15 is 0 Å². The van der Waals surface area contributed by atoms with Gasteiger partial charge in [-0.1, -0.05) is 30.3 Å². The van der Waals surface area contributed by atoms with Crippen molar-refractivity contribution in [1.82, 2.24) is 0 Å². The maximum Gasteiger partial charge on any atom is 0.235 e. The Kier molecular flexibility index (Phi) is 2.08. The molecule has 2 aromatic rings. The molecular weight excluding hydrogens is 248 g/mol. The number of hydrogen-bond acceptors (Lipinski definition) is 2. The number of fused-ring (bicyclic) bond motifs is 2. The second kappa shape index (κ2) is 3.71. The number of hydrogen-bond donors (Lipinski definition) is 1. The number of nitrogens with one attached hydrogen (secondary N) is 1. The summed E-state index contributed by atoms with van der Waals surface area (Å²) in [6.45, 7) is 0. The summed E-state index contributed by atoms with van der Waals surface area (Å²) in [4.78, 5) is 12.4. The number of anilines is 1. The van der Waals surface area contributed by atoms with Crippen LogP contribution in [-0.2, 0) is 10.2 Å². The number of carbonyl (C=O) groups is 1. The molecule has 4 rings (SSSR count). The predicted molar refractivity (Wildman–Crippen MR) is 75.3 cm³/mol. The summed E-state index contributed by atoms with van der Waals surface area (Å²) in [5.74, 6) is 0.326.